The van der Waals surface area contributed by atoms with Crippen LogP contribution in [0.3, 0.4) is 0 Å². The second-order valence-electron chi connectivity index (χ2n) is 3.83. The highest BCUT2D eigenvalue weighted by Crippen LogP contribution is 2.11. The van der Waals surface area contributed by atoms with Gasteiger partial charge in [0.15, 0.2) is 0 Å². The van der Waals surface area contributed by atoms with Gasteiger partial charge in [0.05, 0.1) is 0 Å². The van der Waals surface area contributed by atoms with Gasteiger partial charge in [-0.05, 0) is 24.6 Å². The van der Waals surface area contributed by atoms with E-state index in [1.807, 2.05) is 11.8 Å². The summed E-state index contributed by atoms with van der Waals surface area (Å²) in [6.45, 7) is 8.69. The lowest BCUT2D eigenvalue weighted by atomic mass is 10.1. The van der Waals surface area contributed by atoms with Gasteiger partial charge >= 0.3 is 0 Å². The van der Waals surface area contributed by atoms with Gasteiger partial charge in [-0.15, -0.1) is 0 Å². The van der Waals surface area contributed by atoms with Crippen molar-refractivity contribution in [3.63, 3.8) is 0 Å². The molecule has 0 spiro atoms. The maximum absolute atomic E-state index is 5.01. The van der Waals surface area contributed by atoms with E-state index < -0.39 is 0 Å². The molecular weight excluding hydrogens is 194 g/mol. The van der Waals surface area contributed by atoms with Crippen LogP contribution in [0, 0.1) is 5.92 Å². The van der Waals surface area contributed by atoms with Crippen LogP contribution in [0.5, 0.6) is 0 Å². The third kappa shape index (κ3) is 7.65. The Hall–Kier alpha value is 0.270. The third-order valence-electron chi connectivity index (χ3n) is 2.21. The molecule has 0 radical (unpaired) electrons. The van der Waals surface area contributed by atoms with E-state index >= 15 is 0 Å². The molecule has 0 saturated carbocycles. The molecule has 0 aliphatic carbocycles. The average molecular weight is 219 g/mol. The van der Waals surface area contributed by atoms with Gasteiger partial charge in [-0.2, -0.15) is 11.8 Å². The van der Waals surface area contributed by atoms with Crippen LogP contribution in [0.15, 0.2) is 0 Å². The number of nitrogens with one attached hydrogen (secondary N) is 1. The molecule has 0 rings (SSSR count). The SMILES string of the molecule is CCNC(CSCCCOC)C(C)C. The van der Waals surface area contributed by atoms with Gasteiger partial charge < -0.3 is 10.1 Å². The van der Waals surface area contributed by atoms with Crippen molar-refractivity contribution in [3.05, 3.63) is 0 Å². The number of hydrogen-bond acceptors (Lipinski definition) is 3. The minimum absolute atomic E-state index is 0.660. The number of thioether (sulfide) groups is 1. The molecule has 0 aromatic carbocycles. The Morgan fingerprint density at radius 3 is 2.57 bits per heavy atom. The van der Waals surface area contributed by atoms with Crippen molar-refractivity contribution in [2.24, 2.45) is 5.92 Å². The van der Waals surface area contributed by atoms with Crippen molar-refractivity contribution in [1.29, 1.82) is 0 Å². The van der Waals surface area contributed by atoms with Gasteiger partial charge in [0.2, 0.25) is 0 Å². The molecule has 86 valence electrons. The molecule has 0 heterocycles. The number of rotatable bonds is 9. The summed E-state index contributed by atoms with van der Waals surface area (Å²) < 4.78 is 5.01. The number of methoxy groups -OCH3 is 1. The molecular formula is C11H25NOS. The highest BCUT2D eigenvalue weighted by Gasteiger charge is 2.10. The van der Waals surface area contributed by atoms with E-state index in [2.05, 4.69) is 26.1 Å². The molecule has 14 heavy (non-hydrogen) atoms. The van der Waals surface area contributed by atoms with Crippen LogP contribution in [0.4, 0.5) is 0 Å². The van der Waals surface area contributed by atoms with Gasteiger partial charge in [0.25, 0.3) is 0 Å². The van der Waals surface area contributed by atoms with E-state index in [1.165, 1.54) is 11.5 Å². The average Bonchev–Trinajstić information content (AvgIpc) is 2.15. The first-order valence-electron chi connectivity index (χ1n) is 5.52. The lowest BCUT2D eigenvalue weighted by molar-refractivity contribution is 0.200. The van der Waals surface area contributed by atoms with Gasteiger partial charge in [0.1, 0.15) is 0 Å². The molecule has 0 aromatic heterocycles. The van der Waals surface area contributed by atoms with Crippen molar-refractivity contribution >= 4 is 11.8 Å². The first-order valence-corrected chi connectivity index (χ1v) is 6.67. The zero-order valence-corrected chi connectivity index (χ0v) is 10.8. The second-order valence-corrected chi connectivity index (χ2v) is 4.98. The molecule has 0 aliphatic heterocycles. The molecule has 0 saturated heterocycles. The summed E-state index contributed by atoms with van der Waals surface area (Å²) in [6, 6.07) is 0.660. The summed E-state index contributed by atoms with van der Waals surface area (Å²) in [5.41, 5.74) is 0. The van der Waals surface area contributed by atoms with Gasteiger partial charge in [0, 0.05) is 25.5 Å². The largest absolute Gasteiger partial charge is 0.385 e. The predicted octanol–water partition coefficient (Wildman–Crippen LogP) is 2.39. The van der Waals surface area contributed by atoms with Crippen LogP contribution < -0.4 is 5.32 Å². The molecule has 1 N–H and O–H groups in total. The van der Waals surface area contributed by atoms with E-state index in [9.17, 15) is 0 Å². The first-order chi connectivity index (χ1) is 6.72. The lowest BCUT2D eigenvalue weighted by Crippen LogP contribution is -2.35. The van der Waals surface area contributed by atoms with Gasteiger partial charge in [-0.25, -0.2) is 0 Å². The highest BCUT2D eigenvalue weighted by atomic mass is 32.2. The van der Waals surface area contributed by atoms with Crippen molar-refractivity contribution < 1.29 is 4.74 Å². The smallest absolute Gasteiger partial charge is 0.0470 e. The summed E-state index contributed by atoms with van der Waals surface area (Å²) in [5, 5.41) is 3.52. The molecule has 0 amide bonds. The van der Waals surface area contributed by atoms with Crippen molar-refractivity contribution in [2.75, 3.05) is 31.8 Å². The molecule has 1 atom stereocenters. The van der Waals surface area contributed by atoms with E-state index in [0.29, 0.717) is 6.04 Å². The fourth-order valence-corrected chi connectivity index (χ4v) is 2.51. The fraction of sp³-hybridized carbons (Fsp3) is 1.00. The zero-order valence-electron chi connectivity index (χ0n) is 10.0. The summed E-state index contributed by atoms with van der Waals surface area (Å²) in [7, 11) is 1.76. The fourth-order valence-electron chi connectivity index (χ4n) is 1.26. The van der Waals surface area contributed by atoms with Crippen LogP contribution in [0.2, 0.25) is 0 Å². The summed E-state index contributed by atoms with van der Waals surface area (Å²) >= 11 is 2.03. The molecule has 0 fully saturated rings. The normalized spacial score (nSPS) is 13.5. The maximum atomic E-state index is 5.01. The van der Waals surface area contributed by atoms with Crippen molar-refractivity contribution in [2.45, 2.75) is 33.2 Å². The Morgan fingerprint density at radius 1 is 1.36 bits per heavy atom. The highest BCUT2D eigenvalue weighted by molar-refractivity contribution is 7.99. The Bertz CT molecular complexity index is 120. The standard InChI is InChI=1S/C11H25NOS/c1-5-12-11(10(2)3)9-14-8-6-7-13-4/h10-12H,5-9H2,1-4H3. The molecule has 2 nitrogen and oxygen atoms in total. The minimum atomic E-state index is 0.660. The Balaban J connectivity index is 3.41. The molecule has 0 aromatic rings. The zero-order chi connectivity index (χ0) is 10.8. The van der Waals surface area contributed by atoms with Crippen LogP contribution in [0.25, 0.3) is 0 Å². The third-order valence-corrected chi connectivity index (χ3v) is 3.38. The molecule has 0 aliphatic rings. The quantitative estimate of drug-likeness (QED) is 0.602. The van der Waals surface area contributed by atoms with Crippen LogP contribution >= 0.6 is 11.8 Å². The maximum Gasteiger partial charge on any atom is 0.0470 e. The van der Waals surface area contributed by atoms with Crippen LogP contribution in [-0.4, -0.2) is 37.8 Å². The summed E-state index contributed by atoms with van der Waals surface area (Å²) in [4.78, 5) is 0. The Labute approximate surface area is 93.2 Å². The molecule has 1 unspecified atom stereocenters. The summed E-state index contributed by atoms with van der Waals surface area (Å²) in [5.74, 6) is 3.15. The predicted molar refractivity (Wildman–Crippen MR) is 66.1 cm³/mol. The van der Waals surface area contributed by atoms with E-state index in [-0.39, 0.29) is 0 Å². The number of ether oxygens (including phenoxy) is 1. The van der Waals surface area contributed by atoms with Gasteiger partial charge in [-0.3, -0.25) is 0 Å². The van der Waals surface area contributed by atoms with Gasteiger partial charge in [-0.1, -0.05) is 20.8 Å². The van der Waals surface area contributed by atoms with E-state index in [4.69, 9.17) is 4.74 Å². The first kappa shape index (κ1) is 14.3. The summed E-state index contributed by atoms with van der Waals surface area (Å²) in [6.07, 6.45) is 1.16. The van der Waals surface area contributed by atoms with Crippen molar-refractivity contribution in [1.82, 2.24) is 5.32 Å². The molecule has 0 bridgehead atoms. The topological polar surface area (TPSA) is 21.3 Å². The second kappa shape index (κ2) is 9.81. The van der Waals surface area contributed by atoms with Crippen molar-refractivity contribution in [3.8, 4) is 0 Å². The Morgan fingerprint density at radius 2 is 2.07 bits per heavy atom. The van der Waals surface area contributed by atoms with E-state index in [1.54, 1.807) is 7.11 Å². The molecule has 3 heteroatoms. The number of hydrogen-bond donors (Lipinski definition) is 1. The van der Waals surface area contributed by atoms with E-state index in [0.717, 1.165) is 25.5 Å². The lowest BCUT2D eigenvalue weighted by Gasteiger charge is -2.21. The Kier molecular flexibility index (Phi) is 10.0. The monoisotopic (exact) mass is 219 g/mol. The van der Waals surface area contributed by atoms with Crippen LogP contribution in [0.1, 0.15) is 27.2 Å². The van der Waals surface area contributed by atoms with Crippen LogP contribution in [-0.2, 0) is 4.74 Å². The minimum Gasteiger partial charge on any atom is -0.385 e.